The summed E-state index contributed by atoms with van der Waals surface area (Å²) in [6.07, 6.45) is 7.23. The minimum absolute atomic E-state index is 0.0513. The van der Waals surface area contributed by atoms with E-state index in [1.165, 1.54) is 24.8 Å². The number of benzene rings is 1. The zero-order valence-electron chi connectivity index (χ0n) is 11.7. The Balaban J connectivity index is 1.63. The summed E-state index contributed by atoms with van der Waals surface area (Å²) < 4.78 is 1.93. The smallest absolute Gasteiger partial charge is 0.314 e. The van der Waals surface area contributed by atoms with Crippen LogP contribution in [0.25, 0.3) is 11.0 Å². The monoisotopic (exact) mass is 271 g/mol. The highest BCUT2D eigenvalue weighted by molar-refractivity contribution is 5.76. The van der Waals surface area contributed by atoms with Crippen LogP contribution in [-0.4, -0.2) is 22.1 Å². The largest absolute Gasteiger partial charge is 0.326 e. The molecule has 0 bridgehead atoms. The van der Waals surface area contributed by atoms with E-state index >= 15 is 0 Å². The predicted molar refractivity (Wildman–Crippen MR) is 80.2 cm³/mol. The SMILES string of the molecule is O=c1[nH]c2cc(CC3CCCCN3)ccc2n1C1CC1. The normalized spacial score (nSPS) is 23.3. The predicted octanol–water partition coefficient (Wildman–Crippen LogP) is 2.35. The van der Waals surface area contributed by atoms with Crippen molar-refractivity contribution in [1.82, 2.24) is 14.9 Å². The van der Waals surface area contributed by atoms with Crippen LogP contribution in [0.4, 0.5) is 0 Å². The first-order chi connectivity index (χ1) is 9.81. The maximum atomic E-state index is 12.0. The van der Waals surface area contributed by atoms with Gasteiger partial charge in [0.1, 0.15) is 0 Å². The second-order valence-electron chi connectivity index (χ2n) is 6.23. The molecule has 2 fully saturated rings. The van der Waals surface area contributed by atoms with Crippen molar-refractivity contribution in [3.8, 4) is 0 Å². The molecule has 4 nitrogen and oxygen atoms in total. The molecule has 1 unspecified atom stereocenters. The maximum absolute atomic E-state index is 12.0. The lowest BCUT2D eigenvalue weighted by Gasteiger charge is -2.23. The van der Waals surface area contributed by atoms with Gasteiger partial charge in [-0.25, -0.2) is 4.79 Å². The average molecular weight is 271 g/mol. The van der Waals surface area contributed by atoms with Crippen molar-refractivity contribution in [2.75, 3.05) is 6.54 Å². The molecule has 1 saturated carbocycles. The molecular formula is C16H21N3O. The highest BCUT2D eigenvalue weighted by Gasteiger charge is 2.27. The molecule has 2 N–H and O–H groups in total. The van der Waals surface area contributed by atoms with Gasteiger partial charge in [-0.3, -0.25) is 4.57 Å². The fraction of sp³-hybridized carbons (Fsp3) is 0.562. The number of aromatic nitrogens is 2. The Hall–Kier alpha value is -1.55. The van der Waals surface area contributed by atoms with E-state index in [1.807, 2.05) is 4.57 Å². The van der Waals surface area contributed by atoms with Gasteiger partial charge in [0, 0.05) is 12.1 Å². The minimum Gasteiger partial charge on any atom is -0.314 e. The van der Waals surface area contributed by atoms with E-state index in [2.05, 4.69) is 28.5 Å². The molecule has 1 saturated heterocycles. The molecule has 2 aliphatic rings. The van der Waals surface area contributed by atoms with Gasteiger partial charge in [-0.1, -0.05) is 12.5 Å². The molecule has 1 atom stereocenters. The van der Waals surface area contributed by atoms with Crippen LogP contribution in [0, 0.1) is 0 Å². The average Bonchev–Trinajstić information content (AvgIpc) is 3.23. The second kappa shape index (κ2) is 4.77. The van der Waals surface area contributed by atoms with Crippen LogP contribution in [-0.2, 0) is 6.42 Å². The molecule has 0 spiro atoms. The Kier molecular flexibility index (Phi) is 2.91. The van der Waals surface area contributed by atoms with Crippen LogP contribution in [0.5, 0.6) is 0 Å². The van der Waals surface area contributed by atoms with Gasteiger partial charge < -0.3 is 10.3 Å². The summed E-state index contributed by atoms with van der Waals surface area (Å²) in [6.45, 7) is 1.14. The Labute approximate surface area is 118 Å². The third-order valence-corrected chi connectivity index (χ3v) is 4.59. The highest BCUT2D eigenvalue weighted by atomic mass is 16.1. The summed E-state index contributed by atoms with van der Waals surface area (Å²) in [5.41, 5.74) is 3.43. The number of nitrogens with one attached hydrogen (secondary N) is 2. The van der Waals surface area contributed by atoms with Crippen LogP contribution in [0.1, 0.15) is 43.7 Å². The molecule has 2 aromatic rings. The third kappa shape index (κ3) is 2.18. The number of piperidine rings is 1. The quantitative estimate of drug-likeness (QED) is 0.900. The summed E-state index contributed by atoms with van der Waals surface area (Å²) in [7, 11) is 0. The van der Waals surface area contributed by atoms with Crippen molar-refractivity contribution >= 4 is 11.0 Å². The Morgan fingerprint density at radius 3 is 2.85 bits per heavy atom. The highest BCUT2D eigenvalue weighted by Crippen LogP contribution is 2.35. The van der Waals surface area contributed by atoms with E-state index in [9.17, 15) is 4.79 Å². The van der Waals surface area contributed by atoms with Crippen molar-refractivity contribution in [3.63, 3.8) is 0 Å². The molecular weight excluding hydrogens is 250 g/mol. The number of hydrogen-bond acceptors (Lipinski definition) is 2. The van der Waals surface area contributed by atoms with Gasteiger partial charge in [0.2, 0.25) is 0 Å². The molecule has 106 valence electrons. The second-order valence-corrected chi connectivity index (χ2v) is 6.23. The summed E-state index contributed by atoms with van der Waals surface area (Å²) in [5.74, 6) is 0. The summed E-state index contributed by atoms with van der Waals surface area (Å²) in [5, 5.41) is 3.58. The lowest BCUT2D eigenvalue weighted by atomic mass is 9.97. The van der Waals surface area contributed by atoms with E-state index < -0.39 is 0 Å². The molecule has 0 amide bonds. The first-order valence-corrected chi connectivity index (χ1v) is 7.78. The van der Waals surface area contributed by atoms with Crippen molar-refractivity contribution in [2.24, 2.45) is 0 Å². The Bertz CT molecular complexity index is 675. The van der Waals surface area contributed by atoms with Crippen LogP contribution in [0.3, 0.4) is 0 Å². The fourth-order valence-electron chi connectivity index (χ4n) is 3.38. The molecule has 1 aromatic heterocycles. The van der Waals surface area contributed by atoms with Crippen molar-refractivity contribution < 1.29 is 0 Å². The number of imidazole rings is 1. The summed E-state index contributed by atoms with van der Waals surface area (Å²) in [6, 6.07) is 7.49. The van der Waals surface area contributed by atoms with Gasteiger partial charge in [-0.2, -0.15) is 0 Å². The van der Waals surface area contributed by atoms with Crippen molar-refractivity contribution in [1.29, 1.82) is 0 Å². The topological polar surface area (TPSA) is 49.8 Å². The van der Waals surface area contributed by atoms with E-state index in [1.54, 1.807) is 0 Å². The van der Waals surface area contributed by atoms with Crippen LogP contribution < -0.4 is 11.0 Å². The number of nitrogens with zero attached hydrogens (tertiary/aromatic N) is 1. The molecule has 1 aliphatic carbocycles. The number of fused-ring (bicyclic) bond motifs is 1. The van der Waals surface area contributed by atoms with E-state index in [0.29, 0.717) is 12.1 Å². The van der Waals surface area contributed by atoms with Crippen molar-refractivity contribution in [3.05, 3.63) is 34.2 Å². The maximum Gasteiger partial charge on any atom is 0.326 e. The lowest BCUT2D eigenvalue weighted by molar-refractivity contribution is 0.399. The molecule has 2 heterocycles. The summed E-state index contributed by atoms with van der Waals surface area (Å²) >= 11 is 0. The molecule has 1 aliphatic heterocycles. The number of H-pyrrole nitrogens is 1. The van der Waals surface area contributed by atoms with Crippen LogP contribution >= 0.6 is 0 Å². The Morgan fingerprint density at radius 1 is 1.20 bits per heavy atom. The molecule has 4 heteroatoms. The number of rotatable bonds is 3. The van der Waals surface area contributed by atoms with Gasteiger partial charge >= 0.3 is 5.69 Å². The third-order valence-electron chi connectivity index (χ3n) is 4.59. The van der Waals surface area contributed by atoms with Crippen LogP contribution in [0.15, 0.2) is 23.0 Å². The standard InChI is InChI=1S/C16H21N3O/c20-16-18-14-10-11(9-12-3-1-2-8-17-12)4-7-15(14)19(16)13-5-6-13/h4,7,10,12-13,17H,1-3,5-6,8-9H2,(H,18,20). The number of hydrogen-bond donors (Lipinski definition) is 2. The Morgan fingerprint density at radius 2 is 2.10 bits per heavy atom. The molecule has 1 aromatic carbocycles. The van der Waals surface area contributed by atoms with Crippen molar-refractivity contribution in [2.45, 2.75) is 50.6 Å². The van der Waals surface area contributed by atoms with Gasteiger partial charge in [-0.05, 0) is 56.3 Å². The fourth-order valence-corrected chi connectivity index (χ4v) is 3.38. The van der Waals surface area contributed by atoms with E-state index in [-0.39, 0.29) is 5.69 Å². The van der Waals surface area contributed by atoms with Crippen LogP contribution in [0.2, 0.25) is 0 Å². The van der Waals surface area contributed by atoms with Gasteiger partial charge in [0.05, 0.1) is 11.0 Å². The first-order valence-electron chi connectivity index (χ1n) is 7.78. The zero-order valence-corrected chi connectivity index (χ0v) is 11.7. The van der Waals surface area contributed by atoms with E-state index in [4.69, 9.17) is 0 Å². The lowest BCUT2D eigenvalue weighted by Crippen LogP contribution is -2.35. The van der Waals surface area contributed by atoms with Gasteiger partial charge in [-0.15, -0.1) is 0 Å². The first kappa shape index (κ1) is 12.2. The van der Waals surface area contributed by atoms with E-state index in [0.717, 1.165) is 36.8 Å². The molecule has 0 radical (unpaired) electrons. The minimum atomic E-state index is 0.0513. The zero-order chi connectivity index (χ0) is 13.5. The number of aromatic amines is 1. The molecule has 20 heavy (non-hydrogen) atoms. The van der Waals surface area contributed by atoms with Gasteiger partial charge in [0.25, 0.3) is 0 Å². The molecule has 4 rings (SSSR count). The van der Waals surface area contributed by atoms with Gasteiger partial charge in [0.15, 0.2) is 0 Å². The summed E-state index contributed by atoms with van der Waals surface area (Å²) in [4.78, 5) is 15.0.